The molecular weight excluding hydrogens is 246 g/mol. The van der Waals surface area contributed by atoms with E-state index in [-0.39, 0.29) is 6.04 Å². The largest absolute Gasteiger partial charge is 0.306 e. The van der Waals surface area contributed by atoms with Gasteiger partial charge in [-0.05, 0) is 31.2 Å². The zero-order valence-electron chi connectivity index (χ0n) is 11.0. The Hall–Kier alpha value is -1.81. The normalized spacial score (nSPS) is 12.4. The lowest BCUT2D eigenvalue weighted by Crippen LogP contribution is -2.24. The molecule has 1 N–H and O–H groups in total. The average molecular weight is 262 g/mol. The molecule has 0 aliphatic rings. The van der Waals surface area contributed by atoms with Crippen LogP contribution in [0.2, 0.25) is 0 Å². The molecule has 0 spiro atoms. The molecule has 0 amide bonds. The molecule has 0 aliphatic carbocycles. The first-order chi connectivity index (χ1) is 9.13. The van der Waals surface area contributed by atoms with Crippen LogP contribution < -0.4 is 5.32 Å². The third-order valence-corrected chi connectivity index (χ3v) is 3.04. The molecule has 2 nitrogen and oxygen atoms in total. The summed E-state index contributed by atoms with van der Waals surface area (Å²) in [6, 6.07) is 7.05. The third-order valence-electron chi connectivity index (χ3n) is 3.04. The molecule has 4 heteroatoms. The first kappa shape index (κ1) is 13.6. The highest BCUT2D eigenvalue weighted by Gasteiger charge is 2.19. The van der Waals surface area contributed by atoms with Gasteiger partial charge in [0.25, 0.3) is 0 Å². The molecule has 0 bridgehead atoms. The van der Waals surface area contributed by atoms with Crippen LogP contribution in [0.5, 0.6) is 0 Å². The number of pyridine rings is 1. The summed E-state index contributed by atoms with van der Waals surface area (Å²) in [6.07, 6.45) is 1.70. The second-order valence-corrected chi connectivity index (χ2v) is 4.33. The number of aryl methyl sites for hydroxylation is 1. The minimum absolute atomic E-state index is 0.320. The van der Waals surface area contributed by atoms with E-state index in [1.165, 1.54) is 12.1 Å². The first-order valence-corrected chi connectivity index (χ1v) is 6.23. The first-order valence-electron chi connectivity index (χ1n) is 6.23. The van der Waals surface area contributed by atoms with Crippen LogP contribution >= 0.6 is 0 Å². The van der Waals surface area contributed by atoms with Gasteiger partial charge >= 0.3 is 0 Å². The van der Waals surface area contributed by atoms with Crippen molar-refractivity contribution in [3.8, 4) is 0 Å². The van der Waals surface area contributed by atoms with Crippen LogP contribution in [-0.4, -0.2) is 11.5 Å². The molecule has 1 aromatic carbocycles. The predicted molar refractivity (Wildman–Crippen MR) is 70.9 cm³/mol. The number of nitrogens with one attached hydrogen (secondary N) is 1. The van der Waals surface area contributed by atoms with Crippen molar-refractivity contribution in [1.82, 2.24) is 10.3 Å². The van der Waals surface area contributed by atoms with Gasteiger partial charge in [0.15, 0.2) is 0 Å². The molecule has 2 aromatic rings. The Labute approximate surface area is 111 Å². The van der Waals surface area contributed by atoms with Crippen molar-refractivity contribution >= 4 is 0 Å². The molecule has 1 unspecified atom stereocenters. The minimum atomic E-state index is -0.570. The SMILES string of the molecule is CCNC(c1ccc(F)cc1F)c1cccnc1C. The van der Waals surface area contributed by atoms with Crippen molar-refractivity contribution in [2.45, 2.75) is 19.9 Å². The molecule has 19 heavy (non-hydrogen) atoms. The Morgan fingerprint density at radius 3 is 2.63 bits per heavy atom. The highest BCUT2D eigenvalue weighted by atomic mass is 19.1. The molecule has 0 aliphatic heterocycles. The maximum absolute atomic E-state index is 13.9. The lowest BCUT2D eigenvalue weighted by atomic mass is 9.97. The quantitative estimate of drug-likeness (QED) is 0.913. The van der Waals surface area contributed by atoms with Crippen LogP contribution in [0, 0.1) is 18.6 Å². The van der Waals surface area contributed by atoms with E-state index in [1.807, 2.05) is 26.0 Å². The fourth-order valence-electron chi connectivity index (χ4n) is 2.13. The maximum Gasteiger partial charge on any atom is 0.131 e. The zero-order chi connectivity index (χ0) is 13.8. The molecule has 0 radical (unpaired) electrons. The van der Waals surface area contributed by atoms with Gasteiger partial charge in [0.2, 0.25) is 0 Å². The molecule has 0 saturated heterocycles. The van der Waals surface area contributed by atoms with E-state index in [9.17, 15) is 8.78 Å². The maximum atomic E-state index is 13.9. The summed E-state index contributed by atoms with van der Waals surface area (Å²) in [7, 11) is 0. The van der Waals surface area contributed by atoms with E-state index in [4.69, 9.17) is 0 Å². The van der Waals surface area contributed by atoms with Gasteiger partial charge < -0.3 is 5.32 Å². The van der Waals surface area contributed by atoms with Gasteiger partial charge in [-0.2, -0.15) is 0 Å². The molecule has 100 valence electrons. The lowest BCUT2D eigenvalue weighted by molar-refractivity contribution is 0.539. The Bertz CT molecular complexity index is 570. The number of hydrogen-bond acceptors (Lipinski definition) is 2. The number of benzene rings is 1. The molecule has 0 saturated carbocycles. The van der Waals surface area contributed by atoms with Crippen molar-refractivity contribution in [2.75, 3.05) is 6.54 Å². The topological polar surface area (TPSA) is 24.9 Å². The molecule has 1 atom stereocenters. The second kappa shape index (κ2) is 5.89. The van der Waals surface area contributed by atoms with Crippen LogP contribution in [-0.2, 0) is 0 Å². The van der Waals surface area contributed by atoms with Gasteiger partial charge in [-0.1, -0.05) is 19.1 Å². The van der Waals surface area contributed by atoms with Crippen molar-refractivity contribution in [2.24, 2.45) is 0 Å². The third kappa shape index (κ3) is 2.96. The van der Waals surface area contributed by atoms with Gasteiger partial charge in [0.1, 0.15) is 11.6 Å². The van der Waals surface area contributed by atoms with Crippen LogP contribution in [0.25, 0.3) is 0 Å². The fraction of sp³-hybridized carbons (Fsp3) is 0.267. The number of hydrogen-bond donors (Lipinski definition) is 1. The van der Waals surface area contributed by atoms with Crippen molar-refractivity contribution in [3.05, 3.63) is 65.0 Å². The fourth-order valence-corrected chi connectivity index (χ4v) is 2.13. The van der Waals surface area contributed by atoms with Gasteiger partial charge in [0.05, 0.1) is 6.04 Å². The molecule has 1 heterocycles. The lowest BCUT2D eigenvalue weighted by Gasteiger charge is -2.20. The van der Waals surface area contributed by atoms with E-state index >= 15 is 0 Å². The van der Waals surface area contributed by atoms with Crippen molar-refractivity contribution < 1.29 is 8.78 Å². The van der Waals surface area contributed by atoms with Crippen molar-refractivity contribution in [1.29, 1.82) is 0 Å². The van der Waals surface area contributed by atoms with E-state index < -0.39 is 11.6 Å². The van der Waals surface area contributed by atoms with Gasteiger partial charge in [0, 0.05) is 23.5 Å². The number of aromatic nitrogens is 1. The number of halogens is 2. The zero-order valence-corrected chi connectivity index (χ0v) is 11.0. The summed E-state index contributed by atoms with van der Waals surface area (Å²) in [5.41, 5.74) is 2.16. The van der Waals surface area contributed by atoms with Crippen LogP contribution in [0.3, 0.4) is 0 Å². The number of nitrogens with zero attached hydrogens (tertiary/aromatic N) is 1. The Morgan fingerprint density at radius 2 is 2.00 bits per heavy atom. The highest BCUT2D eigenvalue weighted by molar-refractivity contribution is 5.34. The van der Waals surface area contributed by atoms with Crippen molar-refractivity contribution in [3.63, 3.8) is 0 Å². The van der Waals surface area contributed by atoms with Gasteiger partial charge in [-0.25, -0.2) is 8.78 Å². The highest BCUT2D eigenvalue weighted by Crippen LogP contribution is 2.26. The van der Waals surface area contributed by atoms with Gasteiger partial charge in [-0.3, -0.25) is 4.98 Å². The summed E-state index contributed by atoms with van der Waals surface area (Å²) in [5, 5.41) is 3.21. The predicted octanol–water partition coefficient (Wildman–Crippen LogP) is 3.37. The Balaban J connectivity index is 2.48. The minimum Gasteiger partial charge on any atom is -0.306 e. The summed E-state index contributed by atoms with van der Waals surface area (Å²) in [4.78, 5) is 4.22. The summed E-state index contributed by atoms with van der Waals surface area (Å²) >= 11 is 0. The van der Waals surface area contributed by atoms with Crippen LogP contribution in [0.4, 0.5) is 8.78 Å². The van der Waals surface area contributed by atoms with E-state index in [1.54, 1.807) is 6.20 Å². The van der Waals surface area contributed by atoms with E-state index in [0.717, 1.165) is 17.3 Å². The van der Waals surface area contributed by atoms with E-state index in [0.29, 0.717) is 12.1 Å². The molecule has 0 fully saturated rings. The smallest absolute Gasteiger partial charge is 0.131 e. The van der Waals surface area contributed by atoms with Gasteiger partial charge in [-0.15, -0.1) is 0 Å². The molecular formula is C15H16F2N2. The van der Waals surface area contributed by atoms with Crippen LogP contribution in [0.1, 0.15) is 29.8 Å². The van der Waals surface area contributed by atoms with E-state index in [2.05, 4.69) is 10.3 Å². The Morgan fingerprint density at radius 1 is 1.21 bits per heavy atom. The Kier molecular flexibility index (Phi) is 4.22. The summed E-state index contributed by atoms with van der Waals surface area (Å²) < 4.78 is 26.9. The van der Waals surface area contributed by atoms with Crippen LogP contribution in [0.15, 0.2) is 36.5 Å². The molecule has 2 rings (SSSR count). The standard InChI is InChI=1S/C15H16F2N2/c1-3-18-15(12-5-4-8-19-10(12)2)13-7-6-11(16)9-14(13)17/h4-9,15,18H,3H2,1-2H3. The average Bonchev–Trinajstić information content (AvgIpc) is 2.38. The molecule has 1 aromatic heterocycles. The summed E-state index contributed by atoms with van der Waals surface area (Å²) in [6.45, 7) is 4.50. The summed E-state index contributed by atoms with van der Waals surface area (Å²) in [5.74, 6) is -1.12. The monoisotopic (exact) mass is 262 g/mol. The number of rotatable bonds is 4. The second-order valence-electron chi connectivity index (χ2n) is 4.33.